The maximum Gasteiger partial charge on any atom is 0.291 e. The van der Waals surface area contributed by atoms with Crippen molar-refractivity contribution < 1.29 is 13.9 Å². The van der Waals surface area contributed by atoms with Gasteiger partial charge in [0.25, 0.3) is 5.91 Å². The van der Waals surface area contributed by atoms with Crippen LogP contribution in [0.15, 0.2) is 77.0 Å². The molecule has 3 aromatic rings. The van der Waals surface area contributed by atoms with Crippen LogP contribution in [-0.2, 0) is 0 Å². The van der Waals surface area contributed by atoms with E-state index in [0.717, 1.165) is 11.1 Å². The molecule has 5 nitrogen and oxygen atoms in total. The Kier molecular flexibility index (Phi) is 4.80. The summed E-state index contributed by atoms with van der Waals surface area (Å²) in [7, 11) is 0. The molecule has 1 aliphatic rings. The SMILES string of the molecule is C=CCOc1cccc(C2c3c(oc4ccc(C)cc4c3=O)C(=O)N2CC=C)c1. The van der Waals surface area contributed by atoms with E-state index in [1.54, 1.807) is 29.2 Å². The Bertz CT molecular complexity index is 1190. The van der Waals surface area contributed by atoms with E-state index in [9.17, 15) is 9.59 Å². The van der Waals surface area contributed by atoms with Gasteiger partial charge < -0.3 is 14.1 Å². The Morgan fingerprint density at radius 1 is 1.14 bits per heavy atom. The van der Waals surface area contributed by atoms with Crippen LogP contribution < -0.4 is 10.2 Å². The Morgan fingerprint density at radius 2 is 1.97 bits per heavy atom. The second-order valence-corrected chi connectivity index (χ2v) is 6.99. The number of fused-ring (bicyclic) bond motifs is 2. The quantitative estimate of drug-likeness (QED) is 0.589. The first kappa shape index (κ1) is 18.7. The fourth-order valence-corrected chi connectivity index (χ4v) is 3.74. The second kappa shape index (κ2) is 7.43. The van der Waals surface area contributed by atoms with Crippen LogP contribution in [0.3, 0.4) is 0 Å². The first-order valence-electron chi connectivity index (χ1n) is 9.38. The average Bonchev–Trinajstić information content (AvgIpc) is 3.00. The molecule has 2 heterocycles. The van der Waals surface area contributed by atoms with Gasteiger partial charge in [-0.1, -0.05) is 42.5 Å². The first-order chi connectivity index (χ1) is 14.0. The topological polar surface area (TPSA) is 59.8 Å². The minimum atomic E-state index is -0.566. The van der Waals surface area contributed by atoms with Gasteiger partial charge in [-0.15, -0.1) is 6.58 Å². The van der Waals surface area contributed by atoms with Gasteiger partial charge in [-0.25, -0.2) is 0 Å². The van der Waals surface area contributed by atoms with Crippen molar-refractivity contribution >= 4 is 16.9 Å². The van der Waals surface area contributed by atoms with Crippen molar-refractivity contribution in [2.75, 3.05) is 13.2 Å². The van der Waals surface area contributed by atoms with Gasteiger partial charge in [0.1, 0.15) is 17.9 Å². The number of aryl methyl sites for hydroxylation is 1. The van der Waals surface area contributed by atoms with E-state index >= 15 is 0 Å². The molecule has 0 aliphatic carbocycles. The van der Waals surface area contributed by atoms with Gasteiger partial charge >= 0.3 is 0 Å². The number of benzene rings is 2. The number of carbonyl (C=O) groups excluding carboxylic acids is 1. The minimum Gasteiger partial charge on any atom is -0.490 e. The molecule has 0 saturated heterocycles. The van der Waals surface area contributed by atoms with Gasteiger partial charge in [0.05, 0.1) is 17.0 Å². The molecule has 1 aliphatic heterocycles. The molecule has 5 heteroatoms. The summed E-state index contributed by atoms with van der Waals surface area (Å²) < 4.78 is 11.5. The Labute approximate surface area is 168 Å². The summed E-state index contributed by atoms with van der Waals surface area (Å²) in [5.74, 6) is 0.417. The Balaban J connectivity index is 1.94. The number of rotatable bonds is 6. The number of amides is 1. The van der Waals surface area contributed by atoms with Crippen LogP contribution >= 0.6 is 0 Å². The summed E-state index contributed by atoms with van der Waals surface area (Å²) in [5, 5.41) is 0.473. The molecule has 2 aromatic carbocycles. The largest absolute Gasteiger partial charge is 0.490 e. The van der Waals surface area contributed by atoms with E-state index in [1.165, 1.54) is 0 Å². The molecule has 1 atom stereocenters. The van der Waals surface area contributed by atoms with Gasteiger partial charge in [0.2, 0.25) is 5.76 Å². The fourth-order valence-electron chi connectivity index (χ4n) is 3.74. The van der Waals surface area contributed by atoms with Crippen molar-refractivity contribution in [1.29, 1.82) is 0 Å². The normalized spacial score (nSPS) is 15.4. The average molecular weight is 387 g/mol. The predicted molar refractivity (Wildman–Crippen MR) is 112 cm³/mol. The van der Waals surface area contributed by atoms with E-state index in [2.05, 4.69) is 13.2 Å². The summed E-state index contributed by atoms with van der Waals surface area (Å²) in [6, 6.07) is 12.2. The molecule has 0 bridgehead atoms. The van der Waals surface area contributed by atoms with Crippen molar-refractivity contribution in [2.24, 2.45) is 0 Å². The monoisotopic (exact) mass is 387 g/mol. The molecule has 146 valence electrons. The highest BCUT2D eigenvalue weighted by Gasteiger charge is 2.42. The van der Waals surface area contributed by atoms with Crippen LogP contribution in [0, 0.1) is 6.92 Å². The van der Waals surface area contributed by atoms with Gasteiger partial charge in [-0.05, 0) is 36.8 Å². The lowest BCUT2D eigenvalue weighted by Crippen LogP contribution is -2.29. The highest BCUT2D eigenvalue weighted by molar-refractivity contribution is 5.99. The highest BCUT2D eigenvalue weighted by Crippen LogP contribution is 2.38. The third-order valence-electron chi connectivity index (χ3n) is 4.99. The molecule has 29 heavy (non-hydrogen) atoms. The summed E-state index contributed by atoms with van der Waals surface area (Å²) in [4.78, 5) is 28.1. The van der Waals surface area contributed by atoms with E-state index in [4.69, 9.17) is 9.15 Å². The summed E-state index contributed by atoms with van der Waals surface area (Å²) in [6.45, 7) is 9.99. The van der Waals surface area contributed by atoms with Crippen molar-refractivity contribution in [2.45, 2.75) is 13.0 Å². The fraction of sp³-hybridized carbons (Fsp3) is 0.167. The van der Waals surface area contributed by atoms with Gasteiger partial charge in [0.15, 0.2) is 5.43 Å². The standard InChI is InChI=1S/C24H21NO4/c1-4-11-25-21(16-7-6-8-17(14-16)28-12-5-2)20-22(26)18-13-15(3)9-10-19(18)29-23(20)24(25)27/h4-10,13-14,21H,1-2,11-12H2,3H3. The van der Waals surface area contributed by atoms with Crippen LogP contribution in [0.1, 0.15) is 33.3 Å². The van der Waals surface area contributed by atoms with Crippen LogP contribution in [0.25, 0.3) is 11.0 Å². The van der Waals surface area contributed by atoms with E-state index < -0.39 is 6.04 Å². The smallest absolute Gasteiger partial charge is 0.291 e. The minimum absolute atomic E-state index is 0.0932. The van der Waals surface area contributed by atoms with Crippen LogP contribution in [-0.4, -0.2) is 24.0 Å². The molecule has 0 fully saturated rings. The van der Waals surface area contributed by atoms with Crippen LogP contribution in [0.4, 0.5) is 0 Å². The van der Waals surface area contributed by atoms with Gasteiger partial charge in [0, 0.05) is 6.54 Å². The van der Waals surface area contributed by atoms with Crippen LogP contribution in [0.2, 0.25) is 0 Å². The summed E-state index contributed by atoms with van der Waals surface area (Å²) >= 11 is 0. The lowest BCUT2D eigenvalue weighted by molar-refractivity contribution is 0.0748. The molecular weight excluding hydrogens is 366 g/mol. The summed E-state index contributed by atoms with van der Waals surface area (Å²) in [6.07, 6.45) is 3.30. The molecule has 0 radical (unpaired) electrons. The second-order valence-electron chi connectivity index (χ2n) is 6.99. The van der Waals surface area contributed by atoms with Gasteiger partial charge in [-0.3, -0.25) is 9.59 Å². The van der Waals surface area contributed by atoms with Crippen molar-refractivity contribution in [3.8, 4) is 5.75 Å². The van der Waals surface area contributed by atoms with Crippen molar-refractivity contribution in [3.05, 3.63) is 100 Å². The third-order valence-corrected chi connectivity index (χ3v) is 4.99. The van der Waals surface area contributed by atoms with Gasteiger partial charge in [-0.2, -0.15) is 0 Å². The predicted octanol–water partition coefficient (Wildman–Crippen LogP) is 4.40. The highest BCUT2D eigenvalue weighted by atomic mass is 16.5. The number of nitrogens with zero attached hydrogens (tertiary/aromatic N) is 1. The number of carbonyl (C=O) groups is 1. The third kappa shape index (κ3) is 3.14. The van der Waals surface area contributed by atoms with Crippen molar-refractivity contribution in [3.63, 3.8) is 0 Å². The number of hydrogen-bond acceptors (Lipinski definition) is 4. The molecule has 1 amide bonds. The maximum atomic E-state index is 13.4. The van der Waals surface area contributed by atoms with Crippen LogP contribution in [0.5, 0.6) is 5.75 Å². The lowest BCUT2D eigenvalue weighted by Gasteiger charge is -2.24. The molecule has 1 aromatic heterocycles. The van der Waals surface area contributed by atoms with Crippen molar-refractivity contribution in [1.82, 2.24) is 4.90 Å². The zero-order chi connectivity index (χ0) is 20.5. The molecule has 1 unspecified atom stereocenters. The molecular formula is C24H21NO4. The van der Waals surface area contributed by atoms with E-state index in [-0.39, 0.29) is 17.1 Å². The molecule has 0 spiro atoms. The lowest BCUT2D eigenvalue weighted by atomic mass is 9.98. The maximum absolute atomic E-state index is 13.4. The Hall–Kier alpha value is -3.60. The zero-order valence-electron chi connectivity index (χ0n) is 16.2. The molecule has 0 saturated carbocycles. The number of ether oxygens (including phenoxy) is 1. The summed E-state index contributed by atoms with van der Waals surface area (Å²) in [5.41, 5.74) is 2.31. The molecule has 4 rings (SSSR count). The number of hydrogen-bond donors (Lipinski definition) is 0. The molecule has 0 N–H and O–H groups in total. The Morgan fingerprint density at radius 3 is 2.72 bits per heavy atom. The van der Waals surface area contributed by atoms with E-state index in [0.29, 0.717) is 35.4 Å². The zero-order valence-corrected chi connectivity index (χ0v) is 16.2. The first-order valence-corrected chi connectivity index (χ1v) is 9.38. The van der Waals surface area contributed by atoms with E-state index in [1.807, 2.05) is 37.3 Å².